The van der Waals surface area contributed by atoms with E-state index in [2.05, 4.69) is 32.5 Å². The molecule has 4 rings (SSSR count). The molecule has 41 heavy (non-hydrogen) atoms. The molecule has 0 amide bonds. The van der Waals surface area contributed by atoms with Gasteiger partial charge in [-0.05, 0) is 55.4 Å². The predicted octanol–water partition coefficient (Wildman–Crippen LogP) is 2.06. The molecule has 0 radical (unpaired) electrons. The molecule has 0 saturated heterocycles. The Morgan fingerprint density at radius 2 is 2.00 bits per heavy atom. The Kier molecular flexibility index (Phi) is 9.24. The van der Waals surface area contributed by atoms with Gasteiger partial charge in [0.25, 0.3) is 10.1 Å². The van der Waals surface area contributed by atoms with Gasteiger partial charge in [-0.2, -0.15) is 8.42 Å². The Balaban J connectivity index is 1.64. The summed E-state index contributed by atoms with van der Waals surface area (Å²) < 4.78 is 44.4. The van der Waals surface area contributed by atoms with E-state index >= 15 is 0 Å². The van der Waals surface area contributed by atoms with Crippen molar-refractivity contribution < 1.29 is 27.4 Å². The maximum atomic E-state index is 11.2. The van der Waals surface area contributed by atoms with Crippen molar-refractivity contribution in [3.8, 4) is 29.1 Å². The standard InChI is InChI=1S/C27H33N7O6S/c1-4-34-24-21(39-14-11-19(29-13-15-41(36,37)38)16-18-8-6-5-7-9-18)17-30-20(10-12-27(2,3)35)22(24)31-26(34)23-25(28)33-40-32-23/h5-9,17,19,29,35H,4,11,13-16H2,1-3H3,(H2,28,33)(H,36,37,38). The van der Waals surface area contributed by atoms with Gasteiger partial charge in [0.05, 0.1) is 18.6 Å². The van der Waals surface area contributed by atoms with E-state index in [0.717, 1.165) is 5.56 Å². The molecule has 14 heteroatoms. The highest BCUT2D eigenvalue weighted by atomic mass is 32.2. The first kappa shape index (κ1) is 29.9. The SMILES string of the molecule is CCn1c(-c2nonc2N)nc2c(C#CC(C)(C)O)ncc(OCCC(Cc3ccccc3)NCCS(=O)(=O)O)c21. The number of nitrogens with zero attached hydrogens (tertiary/aromatic N) is 5. The number of aromatic nitrogens is 5. The van der Waals surface area contributed by atoms with Crippen LogP contribution in [0.5, 0.6) is 5.75 Å². The normalized spacial score (nSPS) is 12.7. The van der Waals surface area contributed by atoms with Crippen LogP contribution in [0.25, 0.3) is 22.6 Å². The highest BCUT2D eigenvalue weighted by molar-refractivity contribution is 7.85. The smallest absolute Gasteiger partial charge is 0.266 e. The summed E-state index contributed by atoms with van der Waals surface area (Å²) >= 11 is 0. The summed E-state index contributed by atoms with van der Waals surface area (Å²) in [6.45, 7) is 5.90. The van der Waals surface area contributed by atoms with Gasteiger partial charge in [0.1, 0.15) is 22.3 Å². The van der Waals surface area contributed by atoms with Gasteiger partial charge in [-0.25, -0.2) is 14.6 Å². The molecule has 0 fully saturated rings. The summed E-state index contributed by atoms with van der Waals surface area (Å²) in [5.74, 6) is 6.20. The third-order valence-electron chi connectivity index (χ3n) is 6.11. The molecule has 1 unspecified atom stereocenters. The van der Waals surface area contributed by atoms with E-state index in [1.165, 1.54) is 0 Å². The van der Waals surface area contributed by atoms with Crippen LogP contribution in [0.3, 0.4) is 0 Å². The van der Waals surface area contributed by atoms with Crippen molar-refractivity contribution in [2.75, 3.05) is 24.6 Å². The van der Waals surface area contributed by atoms with Crippen molar-refractivity contribution in [2.45, 2.75) is 51.8 Å². The first-order valence-electron chi connectivity index (χ1n) is 13.0. The maximum Gasteiger partial charge on any atom is 0.266 e. The van der Waals surface area contributed by atoms with Gasteiger partial charge >= 0.3 is 0 Å². The lowest BCUT2D eigenvalue weighted by atomic mass is 10.0. The fourth-order valence-corrected chi connectivity index (χ4v) is 4.62. The molecule has 0 saturated carbocycles. The third-order valence-corrected chi connectivity index (χ3v) is 6.83. The van der Waals surface area contributed by atoms with E-state index < -0.39 is 21.5 Å². The zero-order valence-electron chi connectivity index (χ0n) is 23.0. The molecule has 1 aromatic carbocycles. The van der Waals surface area contributed by atoms with Gasteiger partial charge in [-0.3, -0.25) is 4.55 Å². The average molecular weight is 584 g/mol. The monoisotopic (exact) mass is 583 g/mol. The first-order valence-corrected chi connectivity index (χ1v) is 14.6. The van der Waals surface area contributed by atoms with Crippen LogP contribution >= 0.6 is 0 Å². The van der Waals surface area contributed by atoms with Crippen LogP contribution in [-0.4, -0.2) is 73.5 Å². The second-order valence-corrected chi connectivity index (χ2v) is 11.5. The topological polar surface area (TPSA) is 192 Å². The number of nitrogen functional groups attached to an aromatic ring is 1. The molecule has 13 nitrogen and oxygen atoms in total. The van der Waals surface area contributed by atoms with Crippen molar-refractivity contribution in [1.82, 2.24) is 30.2 Å². The summed E-state index contributed by atoms with van der Waals surface area (Å²) in [6, 6.07) is 9.65. The van der Waals surface area contributed by atoms with Gasteiger partial charge < -0.3 is 25.5 Å². The number of imidazole rings is 1. The molecule has 4 aromatic rings. The summed E-state index contributed by atoms with van der Waals surface area (Å²) in [5, 5.41) is 20.9. The number of hydrogen-bond donors (Lipinski definition) is 4. The van der Waals surface area contributed by atoms with E-state index in [9.17, 15) is 13.5 Å². The summed E-state index contributed by atoms with van der Waals surface area (Å²) in [5.41, 5.74) is 7.45. The summed E-state index contributed by atoms with van der Waals surface area (Å²) in [4.78, 5) is 9.17. The molecule has 0 spiro atoms. The number of pyridine rings is 1. The van der Waals surface area contributed by atoms with Crippen molar-refractivity contribution >= 4 is 27.0 Å². The maximum absolute atomic E-state index is 11.2. The fourth-order valence-electron chi connectivity index (χ4n) is 4.24. The molecule has 218 valence electrons. The zero-order valence-corrected chi connectivity index (χ0v) is 23.8. The highest BCUT2D eigenvalue weighted by Gasteiger charge is 2.23. The predicted molar refractivity (Wildman–Crippen MR) is 153 cm³/mol. The molecule has 0 aliphatic carbocycles. The van der Waals surface area contributed by atoms with Crippen LogP contribution in [0, 0.1) is 11.8 Å². The number of anilines is 1. The number of aliphatic hydroxyl groups is 1. The number of aryl methyl sites for hydroxylation is 1. The number of fused-ring (bicyclic) bond motifs is 1. The number of benzene rings is 1. The molecule has 3 heterocycles. The minimum Gasteiger partial charge on any atom is -0.490 e. The largest absolute Gasteiger partial charge is 0.490 e. The van der Waals surface area contributed by atoms with Crippen LogP contribution in [0.2, 0.25) is 0 Å². The lowest BCUT2D eigenvalue weighted by molar-refractivity contribution is 0.143. The molecule has 0 bridgehead atoms. The third kappa shape index (κ3) is 8.01. The second-order valence-electron chi connectivity index (χ2n) is 9.92. The van der Waals surface area contributed by atoms with Crippen LogP contribution in [0.15, 0.2) is 41.2 Å². The number of ether oxygens (including phenoxy) is 1. The quantitative estimate of drug-likeness (QED) is 0.140. The molecule has 0 aliphatic heterocycles. The highest BCUT2D eigenvalue weighted by Crippen LogP contribution is 2.33. The summed E-state index contributed by atoms with van der Waals surface area (Å²) in [7, 11) is -4.09. The van der Waals surface area contributed by atoms with Crippen molar-refractivity contribution in [3.63, 3.8) is 0 Å². The Morgan fingerprint density at radius 1 is 1.24 bits per heavy atom. The zero-order chi connectivity index (χ0) is 29.6. The van der Waals surface area contributed by atoms with Crippen LogP contribution in [-0.2, 0) is 23.1 Å². The fraction of sp³-hybridized carbons (Fsp3) is 0.407. The van der Waals surface area contributed by atoms with Crippen molar-refractivity contribution in [2.24, 2.45) is 0 Å². The molecule has 3 aromatic heterocycles. The minimum absolute atomic E-state index is 0.0780. The van der Waals surface area contributed by atoms with Gasteiger partial charge in [0.15, 0.2) is 23.1 Å². The molecule has 1 atom stereocenters. The molecular weight excluding hydrogens is 550 g/mol. The van der Waals surface area contributed by atoms with E-state index in [0.29, 0.717) is 47.7 Å². The molecule has 5 N–H and O–H groups in total. The van der Waals surface area contributed by atoms with E-state index in [1.54, 1.807) is 20.0 Å². The lowest BCUT2D eigenvalue weighted by Crippen LogP contribution is -2.36. The number of hydrogen-bond acceptors (Lipinski definition) is 11. The van der Waals surface area contributed by atoms with Gasteiger partial charge in [-0.15, -0.1) is 0 Å². The minimum atomic E-state index is -4.09. The van der Waals surface area contributed by atoms with Gasteiger partial charge in [-0.1, -0.05) is 36.3 Å². The molecular formula is C27H33N7O6S. The van der Waals surface area contributed by atoms with Crippen molar-refractivity contribution in [1.29, 1.82) is 0 Å². The Labute approximate surface area is 237 Å². The average Bonchev–Trinajstić information content (AvgIpc) is 3.50. The van der Waals surface area contributed by atoms with Crippen LogP contribution in [0.1, 0.15) is 38.4 Å². The van der Waals surface area contributed by atoms with Crippen LogP contribution < -0.4 is 15.8 Å². The Hall–Kier alpha value is -4.03. The number of nitrogens with two attached hydrogens (primary N) is 1. The number of rotatable bonds is 12. The Bertz CT molecular complexity index is 1650. The van der Waals surface area contributed by atoms with E-state index in [4.69, 9.17) is 24.6 Å². The van der Waals surface area contributed by atoms with Gasteiger partial charge in [0, 0.05) is 19.1 Å². The van der Waals surface area contributed by atoms with Crippen molar-refractivity contribution in [3.05, 3.63) is 47.8 Å². The Morgan fingerprint density at radius 3 is 2.63 bits per heavy atom. The van der Waals surface area contributed by atoms with E-state index in [-0.39, 0.29) is 30.7 Å². The summed E-state index contributed by atoms with van der Waals surface area (Å²) in [6.07, 6.45) is 2.70. The lowest BCUT2D eigenvalue weighted by Gasteiger charge is -2.19. The van der Waals surface area contributed by atoms with Gasteiger partial charge in [0.2, 0.25) is 0 Å². The second kappa shape index (κ2) is 12.6. The molecule has 0 aliphatic rings. The van der Waals surface area contributed by atoms with Crippen LogP contribution in [0.4, 0.5) is 5.82 Å². The number of nitrogens with one attached hydrogen (secondary N) is 1. The van der Waals surface area contributed by atoms with E-state index in [1.807, 2.05) is 41.8 Å². The first-order chi connectivity index (χ1) is 19.4.